The van der Waals surface area contributed by atoms with Crippen LogP contribution in [0.3, 0.4) is 0 Å². The summed E-state index contributed by atoms with van der Waals surface area (Å²) in [6.07, 6.45) is -1.86. The largest absolute Gasteiger partial charge is 0.494 e. The molecule has 1 fully saturated rings. The number of ether oxygens (including phenoxy) is 3. The Bertz CT molecular complexity index is 1640. The summed E-state index contributed by atoms with van der Waals surface area (Å²) in [5, 5.41) is 17.2. The van der Waals surface area contributed by atoms with E-state index in [1.165, 1.54) is 43.5 Å². The van der Waals surface area contributed by atoms with Gasteiger partial charge in [-0.3, -0.25) is 15.4 Å². The van der Waals surface area contributed by atoms with Crippen molar-refractivity contribution in [3.8, 4) is 11.5 Å². The maximum absolute atomic E-state index is 15.9. The fourth-order valence-corrected chi connectivity index (χ4v) is 6.62. The van der Waals surface area contributed by atoms with Crippen molar-refractivity contribution in [1.82, 2.24) is 5.32 Å². The number of hydrogen-bond acceptors (Lipinski definition) is 7. The lowest BCUT2D eigenvalue weighted by molar-refractivity contribution is -0.122. The van der Waals surface area contributed by atoms with Gasteiger partial charge in [-0.1, -0.05) is 62.2 Å². The number of methoxy groups -OCH3 is 1. The van der Waals surface area contributed by atoms with Gasteiger partial charge in [-0.05, 0) is 47.2 Å². The van der Waals surface area contributed by atoms with Crippen LogP contribution in [-0.4, -0.2) is 49.7 Å². The second-order valence-corrected chi connectivity index (χ2v) is 12.9. The maximum atomic E-state index is 15.9. The van der Waals surface area contributed by atoms with E-state index in [2.05, 4.69) is 16.0 Å². The van der Waals surface area contributed by atoms with Gasteiger partial charge in [0.15, 0.2) is 12.0 Å². The smallest absolute Gasteiger partial charge is 0.413 e. The molecular weight excluding hydrogens is 631 g/mol. The van der Waals surface area contributed by atoms with Crippen molar-refractivity contribution < 1.29 is 37.7 Å². The molecule has 240 valence electrons. The van der Waals surface area contributed by atoms with E-state index in [1.54, 1.807) is 12.1 Å². The summed E-state index contributed by atoms with van der Waals surface area (Å²) in [4.78, 5) is 27.6. The van der Waals surface area contributed by atoms with Crippen molar-refractivity contribution in [2.24, 2.45) is 5.41 Å². The van der Waals surface area contributed by atoms with Gasteiger partial charge in [0.05, 0.1) is 41.1 Å². The van der Waals surface area contributed by atoms with Crippen LogP contribution in [0.5, 0.6) is 11.5 Å². The van der Waals surface area contributed by atoms with E-state index in [1.807, 2.05) is 20.8 Å². The SMILES string of the molecule is COc1cc(OCCO)ccc1NC(=O)O[C@H]1N[C@@H](CC(C)(C)C)[C@@]2(C(=O)Nc3c2ccc(Cl)c3F)[C@H]1c1cccc(Cl)c1F. The molecule has 0 bridgehead atoms. The monoisotopic (exact) mass is 663 g/mol. The molecule has 2 heterocycles. The number of hydrogen-bond donors (Lipinski definition) is 4. The first kappa shape index (κ1) is 32.7. The quantitative estimate of drug-likeness (QED) is 0.214. The molecule has 0 aliphatic carbocycles. The first-order valence-electron chi connectivity index (χ1n) is 14.2. The van der Waals surface area contributed by atoms with Crippen LogP contribution in [-0.2, 0) is 14.9 Å². The van der Waals surface area contributed by atoms with Gasteiger partial charge < -0.3 is 24.6 Å². The molecule has 9 nitrogen and oxygen atoms in total. The van der Waals surface area contributed by atoms with Gasteiger partial charge in [0.2, 0.25) is 5.91 Å². The second kappa shape index (κ2) is 12.6. The minimum atomic E-state index is -1.63. The van der Waals surface area contributed by atoms with Crippen LogP contribution in [0, 0.1) is 17.0 Å². The van der Waals surface area contributed by atoms with E-state index in [9.17, 15) is 9.59 Å². The normalized spacial score (nSPS) is 22.2. The molecule has 2 aliphatic heterocycles. The zero-order chi connectivity index (χ0) is 32.7. The zero-order valence-electron chi connectivity index (χ0n) is 25.0. The number of benzene rings is 3. The number of anilines is 2. The van der Waals surface area contributed by atoms with Crippen molar-refractivity contribution in [3.63, 3.8) is 0 Å². The minimum Gasteiger partial charge on any atom is -0.494 e. The summed E-state index contributed by atoms with van der Waals surface area (Å²) in [5.74, 6) is -2.76. The molecule has 5 rings (SSSR count). The fraction of sp³-hybridized carbons (Fsp3) is 0.375. The number of carbonyl (C=O) groups is 2. The van der Waals surface area contributed by atoms with Gasteiger partial charge in [-0.15, -0.1) is 0 Å². The summed E-state index contributed by atoms with van der Waals surface area (Å²) in [6, 6.07) is 11.1. The van der Waals surface area contributed by atoms with Gasteiger partial charge in [0.1, 0.15) is 29.3 Å². The molecule has 0 aromatic heterocycles. The molecule has 3 aromatic carbocycles. The van der Waals surface area contributed by atoms with Crippen molar-refractivity contribution in [3.05, 3.63) is 81.3 Å². The Morgan fingerprint density at radius 1 is 1.09 bits per heavy atom. The molecule has 1 saturated heterocycles. The van der Waals surface area contributed by atoms with Crippen molar-refractivity contribution in [2.45, 2.75) is 50.8 Å². The lowest BCUT2D eigenvalue weighted by Gasteiger charge is -2.37. The molecule has 0 unspecified atom stereocenters. The highest BCUT2D eigenvalue weighted by molar-refractivity contribution is 6.31. The van der Waals surface area contributed by atoms with E-state index < -0.39 is 47.2 Å². The zero-order valence-corrected chi connectivity index (χ0v) is 26.5. The van der Waals surface area contributed by atoms with Gasteiger partial charge >= 0.3 is 6.09 Å². The molecule has 13 heteroatoms. The molecule has 4 atom stereocenters. The predicted octanol–water partition coefficient (Wildman–Crippen LogP) is 6.61. The summed E-state index contributed by atoms with van der Waals surface area (Å²) in [7, 11) is 1.40. The molecule has 45 heavy (non-hydrogen) atoms. The van der Waals surface area contributed by atoms with Gasteiger partial charge in [0, 0.05) is 12.1 Å². The molecule has 2 amide bonds. The van der Waals surface area contributed by atoms with Crippen molar-refractivity contribution in [2.75, 3.05) is 31.0 Å². The highest BCUT2D eigenvalue weighted by Crippen LogP contribution is 2.58. The Balaban J connectivity index is 1.60. The third kappa shape index (κ3) is 6.02. The second-order valence-electron chi connectivity index (χ2n) is 12.1. The van der Waals surface area contributed by atoms with Crippen LogP contribution in [0.25, 0.3) is 0 Å². The standard InChI is InChI=1S/C32H33Cl2F2N3O6/c1-31(2,3)15-23-32(18-9-10-20(34)26(36)27(18)39-29(32)41)24(17-6-5-7-19(33)25(17)35)28(38-23)45-30(42)37-21-11-8-16(44-13-12-40)14-22(21)43-4/h5-11,14,23-24,28,38,40H,12-13,15H2,1-4H3,(H,37,42)(H,39,41)/t23-,24-,28+,32+/m0/s1. The van der Waals surface area contributed by atoms with Gasteiger partial charge in [-0.25, -0.2) is 13.6 Å². The average molecular weight is 665 g/mol. The van der Waals surface area contributed by atoms with Crippen LogP contribution >= 0.6 is 23.2 Å². The molecule has 1 spiro atoms. The molecular formula is C32H33Cl2F2N3O6. The number of aliphatic hydroxyl groups is 1. The number of fused-ring (bicyclic) bond motifs is 2. The van der Waals surface area contributed by atoms with E-state index in [0.29, 0.717) is 12.2 Å². The highest BCUT2D eigenvalue weighted by atomic mass is 35.5. The average Bonchev–Trinajstić information content (AvgIpc) is 3.44. The molecule has 2 aliphatic rings. The number of carbonyl (C=O) groups excluding carboxylic acids is 2. The lowest BCUT2D eigenvalue weighted by Crippen LogP contribution is -2.49. The van der Waals surface area contributed by atoms with Crippen molar-refractivity contribution in [1.29, 1.82) is 0 Å². The number of aliphatic hydroxyl groups excluding tert-OH is 1. The lowest BCUT2D eigenvalue weighted by atomic mass is 9.63. The Labute approximate surface area is 269 Å². The molecule has 0 saturated carbocycles. The Kier molecular flexibility index (Phi) is 9.19. The number of nitrogens with one attached hydrogen (secondary N) is 3. The number of halogens is 4. The van der Waals surface area contributed by atoms with E-state index in [-0.39, 0.29) is 56.9 Å². The Hall–Kier alpha value is -3.64. The van der Waals surface area contributed by atoms with Gasteiger partial charge in [0.25, 0.3) is 0 Å². The van der Waals surface area contributed by atoms with Crippen molar-refractivity contribution >= 4 is 46.6 Å². The summed E-state index contributed by atoms with van der Waals surface area (Å²) in [6.45, 7) is 5.78. The first-order valence-corrected chi connectivity index (χ1v) is 15.0. The number of rotatable bonds is 8. The van der Waals surface area contributed by atoms with Crippen LogP contribution in [0.2, 0.25) is 10.0 Å². The topological polar surface area (TPSA) is 118 Å². The van der Waals surface area contributed by atoms with Crippen LogP contribution < -0.4 is 25.4 Å². The summed E-state index contributed by atoms with van der Waals surface area (Å²) < 4.78 is 48.0. The third-order valence-corrected chi connectivity index (χ3v) is 8.58. The molecule has 0 radical (unpaired) electrons. The maximum Gasteiger partial charge on any atom is 0.413 e. The van der Waals surface area contributed by atoms with E-state index >= 15 is 8.78 Å². The van der Waals surface area contributed by atoms with Crippen LogP contribution in [0.4, 0.5) is 25.0 Å². The number of amides is 2. The first-order chi connectivity index (χ1) is 21.3. The Morgan fingerprint density at radius 3 is 2.51 bits per heavy atom. The molecule has 3 aromatic rings. The van der Waals surface area contributed by atoms with E-state index in [0.717, 1.165) is 0 Å². The fourth-order valence-electron chi connectivity index (χ4n) is 6.28. The van der Waals surface area contributed by atoms with Gasteiger partial charge in [-0.2, -0.15) is 0 Å². The highest BCUT2D eigenvalue weighted by Gasteiger charge is 2.66. The third-order valence-electron chi connectivity index (χ3n) is 8.00. The summed E-state index contributed by atoms with van der Waals surface area (Å²) >= 11 is 12.3. The van der Waals surface area contributed by atoms with E-state index in [4.69, 9.17) is 42.5 Å². The Morgan fingerprint density at radius 2 is 1.82 bits per heavy atom. The molecule has 4 N–H and O–H groups in total. The predicted molar refractivity (Wildman–Crippen MR) is 166 cm³/mol. The van der Waals surface area contributed by atoms with Crippen LogP contribution in [0.15, 0.2) is 48.5 Å². The minimum absolute atomic E-state index is 0.00512. The summed E-state index contributed by atoms with van der Waals surface area (Å²) in [5.41, 5.74) is -1.62. The van der Waals surface area contributed by atoms with Crippen LogP contribution in [0.1, 0.15) is 44.2 Å².